The average molecular weight is 407 g/mol. The van der Waals surface area contributed by atoms with Crippen molar-refractivity contribution in [3.8, 4) is 5.75 Å². The molecule has 0 unspecified atom stereocenters. The summed E-state index contributed by atoms with van der Waals surface area (Å²) >= 11 is 0. The largest absolute Gasteiger partial charge is 0.495 e. The highest BCUT2D eigenvalue weighted by Crippen LogP contribution is 2.23. The van der Waals surface area contributed by atoms with Crippen molar-refractivity contribution >= 4 is 20.6 Å². The molecule has 7 nitrogen and oxygen atoms in total. The van der Waals surface area contributed by atoms with E-state index in [1.165, 1.54) is 41.2 Å². The minimum absolute atomic E-state index is 0.118. The van der Waals surface area contributed by atoms with Gasteiger partial charge in [0.25, 0.3) is 5.56 Å². The number of pyridine rings is 1. The van der Waals surface area contributed by atoms with Gasteiger partial charge < -0.3 is 4.74 Å². The number of ether oxygens (including phenoxy) is 1. The maximum Gasteiger partial charge on any atom is 0.274 e. The monoisotopic (exact) mass is 407 g/mol. The van der Waals surface area contributed by atoms with Crippen LogP contribution < -0.4 is 10.3 Å². The summed E-state index contributed by atoms with van der Waals surface area (Å²) in [6.07, 6.45) is 3.06. The lowest BCUT2D eigenvalue weighted by molar-refractivity contribution is 0.412. The van der Waals surface area contributed by atoms with E-state index in [9.17, 15) is 13.2 Å². The van der Waals surface area contributed by atoms with Crippen molar-refractivity contribution in [2.75, 3.05) is 7.11 Å². The second-order valence-electron chi connectivity index (χ2n) is 6.36. The van der Waals surface area contributed by atoms with Gasteiger partial charge in [0.1, 0.15) is 5.75 Å². The molecule has 0 aliphatic heterocycles. The second kappa shape index (κ2) is 7.48. The summed E-state index contributed by atoms with van der Waals surface area (Å²) in [5, 5.41) is 5.03. The molecule has 0 bridgehead atoms. The third-order valence-corrected chi connectivity index (χ3v) is 6.30. The molecule has 146 valence electrons. The van der Waals surface area contributed by atoms with E-state index >= 15 is 0 Å². The lowest BCUT2D eigenvalue weighted by Gasteiger charge is -2.08. The molecule has 2 aromatic carbocycles. The molecule has 0 fully saturated rings. The number of sulfone groups is 1. The van der Waals surface area contributed by atoms with Crippen LogP contribution in [0.4, 0.5) is 0 Å². The number of benzene rings is 2. The second-order valence-corrected chi connectivity index (χ2v) is 8.31. The number of nitrogens with zero attached hydrogens (tertiary/aromatic N) is 3. The summed E-state index contributed by atoms with van der Waals surface area (Å²) in [5.41, 5.74) is 0.340. The normalized spacial score (nSPS) is 11.5. The molecular weight excluding hydrogens is 390 g/mol. The summed E-state index contributed by atoms with van der Waals surface area (Å²) < 4.78 is 32.0. The van der Waals surface area contributed by atoms with Crippen molar-refractivity contribution in [3.05, 3.63) is 89.1 Å². The van der Waals surface area contributed by atoms with Crippen molar-refractivity contribution < 1.29 is 13.2 Å². The molecule has 2 aromatic heterocycles. The number of hydrogen-bond donors (Lipinski definition) is 0. The smallest absolute Gasteiger partial charge is 0.274 e. The molecule has 0 spiro atoms. The fraction of sp³-hybridized carbons (Fsp3) is 0.0952. The Labute approximate surface area is 167 Å². The van der Waals surface area contributed by atoms with Gasteiger partial charge in [-0.25, -0.2) is 13.1 Å². The maximum atomic E-state index is 12.8. The minimum atomic E-state index is -3.67. The highest BCUT2D eigenvalue weighted by Gasteiger charge is 2.18. The SMILES string of the molecule is COc1ccc(Cn2ncc3cc(S(=O)(=O)c4ccccc4)ccc3c2=O)nc1. The predicted octanol–water partition coefficient (Wildman–Crippen LogP) is 2.68. The van der Waals surface area contributed by atoms with Crippen LogP contribution >= 0.6 is 0 Å². The van der Waals surface area contributed by atoms with Crippen LogP contribution in [-0.4, -0.2) is 30.3 Å². The summed E-state index contributed by atoms with van der Waals surface area (Å²) in [7, 11) is -2.11. The van der Waals surface area contributed by atoms with Crippen molar-refractivity contribution in [3.63, 3.8) is 0 Å². The van der Waals surface area contributed by atoms with Crippen molar-refractivity contribution in [2.24, 2.45) is 0 Å². The van der Waals surface area contributed by atoms with E-state index in [4.69, 9.17) is 4.74 Å². The van der Waals surface area contributed by atoms with Crippen molar-refractivity contribution in [1.82, 2.24) is 14.8 Å². The number of aromatic nitrogens is 3. The zero-order valence-corrected chi connectivity index (χ0v) is 16.3. The van der Waals surface area contributed by atoms with E-state index in [1.807, 2.05) is 0 Å². The van der Waals surface area contributed by atoms with Crippen molar-refractivity contribution in [2.45, 2.75) is 16.3 Å². The molecule has 4 rings (SSSR count). The Kier molecular flexibility index (Phi) is 4.85. The molecule has 0 aliphatic carbocycles. The van der Waals surface area contributed by atoms with Gasteiger partial charge in [-0.1, -0.05) is 18.2 Å². The molecule has 2 heterocycles. The van der Waals surface area contributed by atoms with Crippen LogP contribution in [0.15, 0.2) is 87.6 Å². The first-order valence-corrected chi connectivity index (χ1v) is 10.3. The zero-order chi connectivity index (χ0) is 20.4. The Hall–Kier alpha value is -3.52. The van der Waals surface area contributed by atoms with Crippen LogP contribution in [0.1, 0.15) is 5.69 Å². The first-order valence-electron chi connectivity index (χ1n) is 8.78. The molecule has 29 heavy (non-hydrogen) atoms. The lowest BCUT2D eigenvalue weighted by Crippen LogP contribution is -2.23. The van der Waals surface area contributed by atoms with Gasteiger partial charge >= 0.3 is 0 Å². The number of hydrogen-bond acceptors (Lipinski definition) is 6. The highest BCUT2D eigenvalue weighted by atomic mass is 32.2. The zero-order valence-electron chi connectivity index (χ0n) is 15.5. The van der Waals surface area contributed by atoms with Crippen LogP contribution in [0.25, 0.3) is 10.8 Å². The molecule has 0 saturated heterocycles. The van der Waals surface area contributed by atoms with E-state index in [0.29, 0.717) is 22.2 Å². The van der Waals surface area contributed by atoms with Crippen LogP contribution in [0.2, 0.25) is 0 Å². The van der Waals surface area contributed by atoms with Crippen LogP contribution in [0, 0.1) is 0 Å². The lowest BCUT2D eigenvalue weighted by atomic mass is 10.2. The first kappa shape index (κ1) is 18.8. The molecule has 8 heteroatoms. The van der Waals surface area contributed by atoms with Gasteiger partial charge in [-0.05, 0) is 42.5 Å². The van der Waals surface area contributed by atoms with Crippen LogP contribution in [0.5, 0.6) is 5.75 Å². The fourth-order valence-corrected chi connectivity index (χ4v) is 4.28. The number of methoxy groups -OCH3 is 1. The maximum absolute atomic E-state index is 12.8. The van der Waals surface area contributed by atoms with Crippen molar-refractivity contribution in [1.29, 1.82) is 0 Å². The number of fused-ring (bicyclic) bond motifs is 1. The molecule has 0 amide bonds. The Morgan fingerprint density at radius 3 is 2.45 bits per heavy atom. The summed E-state index contributed by atoms with van der Waals surface area (Å²) in [6.45, 7) is 0.197. The molecular formula is C21H17N3O4S. The van der Waals surface area contributed by atoms with E-state index in [1.54, 1.807) is 43.6 Å². The molecule has 4 aromatic rings. The predicted molar refractivity (Wildman–Crippen MR) is 108 cm³/mol. The van der Waals surface area contributed by atoms with Gasteiger partial charge in [0.2, 0.25) is 9.84 Å². The van der Waals surface area contributed by atoms with Crippen LogP contribution in [0.3, 0.4) is 0 Å². The minimum Gasteiger partial charge on any atom is -0.495 e. The van der Waals surface area contributed by atoms with Crippen LogP contribution in [-0.2, 0) is 16.4 Å². The first-order chi connectivity index (χ1) is 14.0. The Morgan fingerprint density at radius 1 is 0.966 bits per heavy atom. The molecule has 0 N–H and O–H groups in total. The average Bonchev–Trinajstić information content (AvgIpc) is 2.76. The van der Waals surface area contributed by atoms with Gasteiger partial charge in [-0.15, -0.1) is 0 Å². The standard InChI is InChI=1S/C21H17N3O4S/c1-28-17-8-7-16(22-13-17)14-24-21(25)20-10-9-19(11-15(20)12-23-24)29(26,27)18-5-3-2-4-6-18/h2-13H,14H2,1H3. The molecule has 0 aliphatic rings. The van der Waals surface area contributed by atoms with E-state index in [0.717, 1.165) is 0 Å². The van der Waals surface area contributed by atoms with Gasteiger partial charge in [-0.3, -0.25) is 9.78 Å². The van der Waals surface area contributed by atoms with Gasteiger partial charge in [-0.2, -0.15) is 5.10 Å². The Balaban J connectivity index is 1.71. The fourth-order valence-electron chi connectivity index (χ4n) is 2.96. The molecule has 0 saturated carbocycles. The van der Waals surface area contributed by atoms with E-state index in [-0.39, 0.29) is 21.9 Å². The van der Waals surface area contributed by atoms with E-state index in [2.05, 4.69) is 10.1 Å². The number of rotatable bonds is 5. The van der Waals surface area contributed by atoms with E-state index < -0.39 is 9.84 Å². The Bertz CT molecular complexity index is 1330. The van der Waals surface area contributed by atoms with Gasteiger partial charge in [0.15, 0.2) is 0 Å². The summed E-state index contributed by atoms with van der Waals surface area (Å²) in [6, 6.07) is 16.1. The summed E-state index contributed by atoms with van der Waals surface area (Å²) in [4.78, 5) is 17.3. The Morgan fingerprint density at radius 2 is 1.76 bits per heavy atom. The van der Waals surface area contributed by atoms with Gasteiger partial charge in [0, 0.05) is 5.39 Å². The third kappa shape index (κ3) is 3.62. The molecule has 0 atom stereocenters. The van der Waals surface area contributed by atoms with Gasteiger partial charge in [0.05, 0.1) is 46.9 Å². The highest BCUT2D eigenvalue weighted by molar-refractivity contribution is 7.91. The quantitative estimate of drug-likeness (QED) is 0.505. The topological polar surface area (TPSA) is 91.2 Å². The molecule has 0 radical (unpaired) electrons. The summed E-state index contributed by atoms with van der Waals surface area (Å²) in [5.74, 6) is 0.625. The third-order valence-electron chi connectivity index (χ3n) is 4.53.